The Morgan fingerprint density at radius 1 is 1.24 bits per heavy atom. The largest absolute Gasteiger partial charge is 0.391 e. The first-order valence-electron chi connectivity index (χ1n) is 11.6. The van der Waals surface area contributed by atoms with Crippen molar-refractivity contribution in [2.75, 3.05) is 17.2 Å². The van der Waals surface area contributed by atoms with Gasteiger partial charge in [0.25, 0.3) is 0 Å². The van der Waals surface area contributed by atoms with Gasteiger partial charge in [0, 0.05) is 30.8 Å². The zero-order valence-corrected chi connectivity index (χ0v) is 19.4. The van der Waals surface area contributed by atoms with Crippen LogP contribution in [0.4, 0.5) is 20.4 Å². The molecule has 1 aliphatic rings. The summed E-state index contributed by atoms with van der Waals surface area (Å²) in [5.74, 6) is -0.945. The van der Waals surface area contributed by atoms with Gasteiger partial charge in [0.15, 0.2) is 17.3 Å². The lowest BCUT2D eigenvalue weighted by Crippen LogP contribution is -2.41. The van der Waals surface area contributed by atoms with Gasteiger partial charge in [-0.25, -0.2) is 18.7 Å². The van der Waals surface area contributed by atoms with E-state index in [0.717, 1.165) is 24.6 Å². The first kappa shape index (κ1) is 22.5. The fourth-order valence-electron chi connectivity index (χ4n) is 4.74. The number of aliphatic hydroxyl groups excluding tert-OH is 1. The van der Waals surface area contributed by atoms with E-state index in [1.807, 2.05) is 26.2 Å². The third-order valence-corrected chi connectivity index (χ3v) is 6.90. The van der Waals surface area contributed by atoms with Gasteiger partial charge in [-0.15, -0.1) is 5.10 Å². The highest BCUT2D eigenvalue weighted by Gasteiger charge is 2.31. The van der Waals surface area contributed by atoms with E-state index in [4.69, 9.17) is 5.73 Å². The Balaban J connectivity index is 1.48. The molecule has 0 saturated carbocycles. The highest BCUT2D eigenvalue weighted by atomic mass is 19.1. The summed E-state index contributed by atoms with van der Waals surface area (Å²) < 4.78 is 31.3. The van der Waals surface area contributed by atoms with Crippen LogP contribution in [0.25, 0.3) is 16.6 Å². The molecule has 0 spiro atoms. The van der Waals surface area contributed by atoms with Crippen LogP contribution >= 0.6 is 0 Å². The zero-order valence-electron chi connectivity index (χ0n) is 19.4. The van der Waals surface area contributed by atoms with Crippen molar-refractivity contribution >= 4 is 28.2 Å². The summed E-state index contributed by atoms with van der Waals surface area (Å²) in [6, 6.07) is 2.14. The van der Waals surface area contributed by atoms with Crippen molar-refractivity contribution in [1.82, 2.24) is 29.4 Å². The lowest BCUT2D eigenvalue weighted by molar-refractivity contribution is 0.111. The molecule has 4 atom stereocenters. The van der Waals surface area contributed by atoms with E-state index >= 15 is 0 Å². The minimum atomic E-state index is -0.786. The highest BCUT2D eigenvalue weighted by Crippen LogP contribution is 2.33. The summed E-state index contributed by atoms with van der Waals surface area (Å²) in [6.45, 7) is 6.71. The van der Waals surface area contributed by atoms with Crippen LogP contribution in [0.2, 0.25) is 0 Å². The maximum absolute atomic E-state index is 14.3. The van der Waals surface area contributed by atoms with E-state index < -0.39 is 17.7 Å². The Kier molecular flexibility index (Phi) is 5.59. The summed E-state index contributed by atoms with van der Waals surface area (Å²) in [4.78, 5) is 11.0. The molecule has 1 saturated heterocycles. The standard InChI is InChI=1S/C23H28F2N8O/c1-4-19(34)13(3)32-11-16(9-27-32)31-10-14(6-5-12(31)2)21-29-22-17-7-15(24)8-18(25)20(17)28-23(26)33(22)30-21/h7-9,11-14,19,34H,4-6,10H2,1-3H3,(H2,26,28). The number of fused-ring (bicyclic) bond motifs is 3. The number of aromatic nitrogens is 6. The molecule has 0 amide bonds. The van der Waals surface area contributed by atoms with Gasteiger partial charge >= 0.3 is 0 Å². The van der Waals surface area contributed by atoms with Gasteiger partial charge in [0.2, 0.25) is 5.95 Å². The Morgan fingerprint density at radius 2 is 2.03 bits per heavy atom. The van der Waals surface area contributed by atoms with Gasteiger partial charge in [0.05, 0.1) is 29.4 Å². The Morgan fingerprint density at radius 3 is 2.79 bits per heavy atom. The lowest BCUT2D eigenvalue weighted by Gasteiger charge is -2.37. The number of piperidine rings is 1. The molecule has 0 bridgehead atoms. The van der Waals surface area contributed by atoms with E-state index in [-0.39, 0.29) is 40.5 Å². The molecule has 11 heteroatoms. The molecule has 4 aromatic rings. The minimum Gasteiger partial charge on any atom is -0.391 e. The minimum absolute atomic E-state index is 0.00228. The molecule has 1 aromatic carbocycles. The van der Waals surface area contributed by atoms with E-state index in [0.29, 0.717) is 18.8 Å². The lowest BCUT2D eigenvalue weighted by atomic mass is 9.92. The van der Waals surface area contributed by atoms with Crippen molar-refractivity contribution in [3.05, 3.63) is 42.0 Å². The summed E-state index contributed by atoms with van der Waals surface area (Å²) in [5.41, 5.74) is 7.25. The average Bonchev–Trinajstić information content (AvgIpc) is 3.48. The maximum Gasteiger partial charge on any atom is 0.223 e. The second kappa shape index (κ2) is 8.46. The molecule has 4 unspecified atom stereocenters. The summed E-state index contributed by atoms with van der Waals surface area (Å²) in [7, 11) is 0. The number of anilines is 2. The molecular formula is C23H28F2N8O. The van der Waals surface area contributed by atoms with Crippen molar-refractivity contribution in [3.63, 3.8) is 0 Å². The van der Waals surface area contributed by atoms with Crippen LogP contribution in [-0.2, 0) is 0 Å². The van der Waals surface area contributed by atoms with Crippen LogP contribution in [0.15, 0.2) is 24.5 Å². The second-order valence-electron chi connectivity index (χ2n) is 9.13. The van der Waals surface area contributed by atoms with Crippen molar-refractivity contribution in [2.45, 2.75) is 64.1 Å². The number of hydrogen-bond donors (Lipinski definition) is 2. The smallest absolute Gasteiger partial charge is 0.223 e. The average molecular weight is 471 g/mol. The Bertz CT molecular complexity index is 1350. The molecule has 0 radical (unpaired) electrons. The van der Waals surface area contributed by atoms with E-state index in [9.17, 15) is 13.9 Å². The highest BCUT2D eigenvalue weighted by molar-refractivity contribution is 5.92. The number of halogens is 2. The zero-order chi connectivity index (χ0) is 24.1. The predicted octanol–water partition coefficient (Wildman–Crippen LogP) is 3.44. The van der Waals surface area contributed by atoms with Gasteiger partial charge in [-0.2, -0.15) is 9.61 Å². The van der Waals surface area contributed by atoms with E-state index in [1.54, 1.807) is 4.68 Å². The van der Waals surface area contributed by atoms with Crippen LogP contribution in [0.5, 0.6) is 0 Å². The summed E-state index contributed by atoms with van der Waals surface area (Å²) in [5, 5.41) is 19.5. The van der Waals surface area contributed by atoms with Crippen LogP contribution < -0.4 is 10.6 Å². The normalized spacial score (nSPS) is 20.8. The second-order valence-corrected chi connectivity index (χ2v) is 9.13. The number of nitrogens with zero attached hydrogens (tertiary/aromatic N) is 7. The van der Waals surface area contributed by atoms with Gasteiger partial charge in [-0.05, 0) is 39.2 Å². The van der Waals surface area contributed by atoms with Crippen molar-refractivity contribution < 1.29 is 13.9 Å². The monoisotopic (exact) mass is 470 g/mol. The molecule has 5 rings (SSSR count). The molecule has 9 nitrogen and oxygen atoms in total. The van der Waals surface area contributed by atoms with Gasteiger partial charge in [-0.3, -0.25) is 4.68 Å². The molecule has 3 N–H and O–H groups in total. The summed E-state index contributed by atoms with van der Waals surface area (Å²) in [6.07, 6.45) is 5.73. The van der Waals surface area contributed by atoms with E-state index in [2.05, 4.69) is 32.0 Å². The molecule has 4 heterocycles. The van der Waals surface area contributed by atoms with Gasteiger partial charge in [0.1, 0.15) is 11.3 Å². The molecule has 0 aliphatic carbocycles. The molecule has 180 valence electrons. The molecule has 1 fully saturated rings. The number of rotatable bonds is 5. The first-order valence-corrected chi connectivity index (χ1v) is 11.6. The SMILES string of the molecule is CCC(O)C(C)n1cc(N2CC(c3nc4c5cc(F)cc(F)c5nc(N)n4n3)CCC2C)cn1. The maximum atomic E-state index is 14.3. The fourth-order valence-corrected chi connectivity index (χ4v) is 4.74. The van der Waals surface area contributed by atoms with Crippen molar-refractivity contribution in [2.24, 2.45) is 0 Å². The third kappa shape index (κ3) is 3.73. The van der Waals surface area contributed by atoms with Crippen LogP contribution in [-0.4, -0.2) is 53.2 Å². The van der Waals surface area contributed by atoms with Crippen LogP contribution in [0.1, 0.15) is 57.8 Å². The Hall–Kier alpha value is -3.34. The Labute approximate surface area is 195 Å². The van der Waals surface area contributed by atoms with Gasteiger partial charge < -0.3 is 15.7 Å². The van der Waals surface area contributed by atoms with Crippen LogP contribution in [0.3, 0.4) is 0 Å². The third-order valence-electron chi connectivity index (χ3n) is 6.90. The topological polar surface area (TPSA) is 110 Å². The number of benzene rings is 1. The number of hydrogen-bond acceptors (Lipinski definition) is 7. The van der Waals surface area contributed by atoms with Crippen LogP contribution in [0, 0.1) is 11.6 Å². The van der Waals surface area contributed by atoms with Gasteiger partial charge in [-0.1, -0.05) is 6.92 Å². The molecular weight excluding hydrogens is 442 g/mol. The fraction of sp³-hybridized carbons (Fsp3) is 0.478. The van der Waals surface area contributed by atoms with Crippen molar-refractivity contribution in [3.8, 4) is 0 Å². The quantitative estimate of drug-likeness (QED) is 0.460. The first-order chi connectivity index (χ1) is 16.3. The molecule has 34 heavy (non-hydrogen) atoms. The summed E-state index contributed by atoms with van der Waals surface area (Å²) >= 11 is 0. The number of aliphatic hydroxyl groups is 1. The number of nitrogens with two attached hydrogens (primary N) is 1. The van der Waals surface area contributed by atoms with Crippen molar-refractivity contribution in [1.29, 1.82) is 0 Å². The molecule has 3 aromatic heterocycles. The number of nitrogen functional groups attached to an aromatic ring is 1. The van der Waals surface area contributed by atoms with E-state index in [1.165, 1.54) is 10.6 Å². The molecule has 1 aliphatic heterocycles. The predicted molar refractivity (Wildman–Crippen MR) is 125 cm³/mol.